The summed E-state index contributed by atoms with van der Waals surface area (Å²) < 4.78 is 27.4. The smallest absolute Gasteiger partial charge is 0.325 e. The second-order valence-electron chi connectivity index (χ2n) is 23.2. The fraction of sp³-hybridized carbons (Fsp3) is 0.661. The number of aromatic hydroxyl groups is 1. The van der Waals surface area contributed by atoms with Crippen molar-refractivity contribution >= 4 is 35.4 Å². The highest BCUT2D eigenvalue weighted by atomic mass is 19.1. The summed E-state index contributed by atoms with van der Waals surface area (Å²) in [6, 6.07) is -0.398. The van der Waals surface area contributed by atoms with Crippen molar-refractivity contribution in [3.05, 3.63) is 77.7 Å². The zero-order valence-corrected chi connectivity index (χ0v) is 46.6. The van der Waals surface area contributed by atoms with Gasteiger partial charge < -0.3 is 55.8 Å². The molecule has 3 saturated heterocycles. The van der Waals surface area contributed by atoms with Crippen LogP contribution in [0.1, 0.15) is 132 Å². The summed E-state index contributed by atoms with van der Waals surface area (Å²) in [5, 5.41) is 65.6. The number of esters is 1. The third kappa shape index (κ3) is 15.3. The van der Waals surface area contributed by atoms with Crippen molar-refractivity contribution in [3.8, 4) is 5.75 Å². The largest absolute Gasteiger partial charge is 0.508 e. The first-order valence-corrected chi connectivity index (χ1v) is 28.2. The number of halogens is 1. The molecule has 78 heavy (non-hydrogen) atoms. The number of hydrogen-bond acceptors (Lipinski definition) is 14. The fourth-order valence-electron chi connectivity index (χ4n) is 11.7. The summed E-state index contributed by atoms with van der Waals surface area (Å²) in [7, 11) is 0. The van der Waals surface area contributed by atoms with Crippen molar-refractivity contribution in [2.75, 3.05) is 6.54 Å². The lowest BCUT2D eigenvalue weighted by Gasteiger charge is -2.65. The van der Waals surface area contributed by atoms with Gasteiger partial charge in [-0.1, -0.05) is 84.1 Å². The number of piperidine rings is 1. The fourth-order valence-corrected chi connectivity index (χ4v) is 11.7. The number of ketones is 1. The summed E-state index contributed by atoms with van der Waals surface area (Å²) in [5.74, 6) is -7.50. The van der Waals surface area contributed by atoms with E-state index in [-0.39, 0.29) is 79.1 Å². The second kappa shape index (κ2) is 27.7. The number of carbonyl (C=O) groups is 6. The van der Waals surface area contributed by atoms with Crippen molar-refractivity contribution < 1.29 is 68.2 Å². The molecule has 4 fully saturated rings. The standard InChI is InChI=1S/C59H86FN5O13/c1-9-39-28-40-29-44-53(71)37(8)50(78-59(40,44)63-54(39)72)31-48(69)33(4)17-12-10-13-18-34(5)49-21-15-11-14-20-47(68)36(7)52(70)43(23-22-35(6)66)55(73)62-51(32(2)3)56(74)61-46(27-38-25-41(60)30-42(67)26-38)57(75)65-24-16-19-45(64-65)58(76)77-49/h10-11,13-15,18,20,25-26,30,32-33,36-37,39-40,43-53,64,67-71H,9,12,16-17,19,21-24,27-29,31H2,1-8H3,(H,61,74)(H,62,73)(H,63,72)/b13-10+,15-11+,20-14+,34-18+/t33-,36-,37-,39-,40+,43+,44-,45?,46-,47-,48-,49-,50-,51-,52+,53-,59+/m0/s1. The number of hydrazine groups is 1. The van der Waals surface area contributed by atoms with Gasteiger partial charge >= 0.3 is 5.97 Å². The molecular formula is C59H86FN5O13. The number of aliphatic hydroxyl groups excluding tert-OH is 4. The normalized spacial score (nSPS) is 35.3. The molecule has 4 heterocycles. The molecule has 4 aliphatic heterocycles. The van der Waals surface area contributed by atoms with E-state index < -0.39 is 113 Å². The SMILES string of the molecule is CC[C@H]1C[C@@H]2C[C@H]3[C@@H](O)[C@@H](C)[C@H](C[C@H](O)[C@@H](C)CC/C=C/C=C(\C)[C@@H]4C/C=C/C=C/[C@H](O)[C@H](C)[C@@H](O)[C@@H](CCC(C)=O)C(=O)N[C@@H](C(C)C)C(=O)N[C@@H](Cc5cc(O)cc(F)c5)C(=O)N5CCCC(N5)C(=O)O4)O[C@]23NC1=O. The summed E-state index contributed by atoms with van der Waals surface area (Å²) >= 11 is 0. The quantitative estimate of drug-likeness (QED) is 0.0835. The number of rotatable bonds is 15. The molecule has 0 aromatic heterocycles. The van der Waals surface area contributed by atoms with Gasteiger partial charge in [0.25, 0.3) is 5.91 Å². The zero-order valence-electron chi connectivity index (χ0n) is 46.6. The Labute approximate surface area is 458 Å². The van der Waals surface area contributed by atoms with Crippen LogP contribution in [-0.4, -0.2) is 133 Å². The van der Waals surface area contributed by atoms with E-state index in [1.165, 1.54) is 24.1 Å². The zero-order chi connectivity index (χ0) is 57.2. The molecule has 1 unspecified atom stereocenters. The van der Waals surface area contributed by atoms with Gasteiger partial charge in [0.05, 0.1) is 36.4 Å². The Morgan fingerprint density at radius 3 is 2.40 bits per heavy atom. The van der Waals surface area contributed by atoms with Gasteiger partial charge in [0.1, 0.15) is 47.3 Å². The molecule has 17 atom stereocenters. The molecule has 9 N–H and O–H groups in total. The maximum atomic E-state index is 14.6. The molecule has 4 amide bonds. The maximum Gasteiger partial charge on any atom is 0.325 e. The number of hydrogen-bond donors (Lipinski definition) is 9. The Balaban J connectivity index is 1.19. The number of nitrogens with one attached hydrogen (secondary N) is 4. The summed E-state index contributed by atoms with van der Waals surface area (Å²) in [4.78, 5) is 82.0. The van der Waals surface area contributed by atoms with Crippen LogP contribution in [-0.2, 0) is 44.7 Å². The van der Waals surface area contributed by atoms with Gasteiger partial charge in [-0.25, -0.2) is 9.82 Å². The van der Waals surface area contributed by atoms with Crippen LogP contribution in [0.25, 0.3) is 0 Å². The topological polar surface area (TPSA) is 273 Å². The van der Waals surface area contributed by atoms with Crippen LogP contribution < -0.4 is 21.4 Å². The summed E-state index contributed by atoms with van der Waals surface area (Å²) in [6.45, 7) is 14.1. The third-order valence-corrected chi connectivity index (χ3v) is 17.0. The number of nitrogens with zero attached hydrogens (tertiary/aromatic N) is 1. The Bertz CT molecular complexity index is 2390. The van der Waals surface area contributed by atoms with Gasteiger partial charge in [0, 0.05) is 67.9 Å². The van der Waals surface area contributed by atoms with E-state index in [0.29, 0.717) is 37.7 Å². The van der Waals surface area contributed by atoms with Gasteiger partial charge in [-0.3, -0.25) is 29.0 Å². The molecule has 1 aliphatic carbocycles. The van der Waals surface area contributed by atoms with Gasteiger partial charge in [-0.15, -0.1) is 0 Å². The lowest BCUT2D eigenvalue weighted by Crippen LogP contribution is -2.78. The van der Waals surface area contributed by atoms with Crippen molar-refractivity contribution in [2.24, 2.45) is 47.3 Å². The number of Topliss-reactive ketones (excluding diaryl/α,β-unsaturated/α-hetero) is 1. The Kier molecular flexibility index (Phi) is 22.0. The monoisotopic (exact) mass is 1090 g/mol. The number of cyclic esters (lactones) is 1. The molecule has 1 aromatic carbocycles. The number of amides is 4. The predicted octanol–water partition coefficient (Wildman–Crippen LogP) is 4.91. The average Bonchev–Trinajstić information content (AvgIpc) is 3.59. The van der Waals surface area contributed by atoms with E-state index in [1.807, 2.05) is 45.9 Å². The van der Waals surface area contributed by atoms with Crippen LogP contribution in [0.15, 0.2) is 66.3 Å². The Morgan fingerprint density at radius 1 is 0.962 bits per heavy atom. The van der Waals surface area contributed by atoms with E-state index in [9.17, 15) is 58.7 Å². The van der Waals surface area contributed by atoms with E-state index in [0.717, 1.165) is 31.4 Å². The number of benzene rings is 1. The van der Waals surface area contributed by atoms with Crippen LogP contribution in [0.5, 0.6) is 5.75 Å². The van der Waals surface area contributed by atoms with Crippen molar-refractivity contribution in [2.45, 2.75) is 193 Å². The van der Waals surface area contributed by atoms with Crippen LogP contribution in [0.4, 0.5) is 4.39 Å². The Hall–Kier alpha value is -5.31. The van der Waals surface area contributed by atoms with Crippen LogP contribution in [0.3, 0.4) is 0 Å². The predicted molar refractivity (Wildman–Crippen MR) is 289 cm³/mol. The number of allylic oxidation sites excluding steroid dienone is 5. The third-order valence-electron chi connectivity index (χ3n) is 17.0. The first-order valence-electron chi connectivity index (χ1n) is 28.2. The van der Waals surface area contributed by atoms with E-state index >= 15 is 0 Å². The molecule has 6 rings (SSSR count). The molecule has 5 aliphatic rings. The van der Waals surface area contributed by atoms with Gasteiger partial charge in [0.2, 0.25) is 17.7 Å². The first-order chi connectivity index (χ1) is 36.9. The minimum Gasteiger partial charge on any atom is -0.508 e. The van der Waals surface area contributed by atoms with Crippen LogP contribution in [0.2, 0.25) is 0 Å². The van der Waals surface area contributed by atoms with Crippen molar-refractivity contribution in [1.82, 2.24) is 26.4 Å². The van der Waals surface area contributed by atoms with E-state index in [2.05, 4.69) is 21.4 Å². The molecule has 1 saturated carbocycles. The molecule has 19 heteroatoms. The lowest BCUT2D eigenvalue weighted by atomic mass is 9.55. The minimum absolute atomic E-state index is 0.0394. The number of aliphatic hydroxyl groups is 4. The number of ether oxygens (including phenoxy) is 2. The molecule has 1 aromatic rings. The lowest BCUT2D eigenvalue weighted by molar-refractivity contribution is -0.320. The van der Waals surface area contributed by atoms with Crippen molar-refractivity contribution in [3.63, 3.8) is 0 Å². The maximum absolute atomic E-state index is 14.6. The van der Waals surface area contributed by atoms with Crippen LogP contribution >= 0.6 is 0 Å². The van der Waals surface area contributed by atoms with Gasteiger partial charge in [0.15, 0.2) is 0 Å². The molecular weight excluding hydrogens is 1010 g/mol. The first kappa shape index (κ1) is 61.9. The summed E-state index contributed by atoms with van der Waals surface area (Å²) in [6.07, 6.45) is 11.0. The molecule has 432 valence electrons. The highest BCUT2D eigenvalue weighted by Gasteiger charge is 2.67. The molecule has 18 nitrogen and oxygen atoms in total. The van der Waals surface area contributed by atoms with Crippen molar-refractivity contribution in [1.29, 1.82) is 0 Å². The van der Waals surface area contributed by atoms with Gasteiger partial charge in [-0.05, 0) is 100 Å². The highest BCUT2D eigenvalue weighted by molar-refractivity contribution is 5.93. The van der Waals surface area contributed by atoms with Gasteiger partial charge in [-0.2, -0.15) is 0 Å². The molecule has 0 radical (unpaired) electrons. The average molecular weight is 1090 g/mol. The number of fused-ring (bicyclic) bond motifs is 2. The minimum atomic E-state index is -1.47. The number of carbonyl (C=O) groups excluding carboxylic acids is 6. The number of phenolic OH excluding ortho intramolecular Hbond substituents is 1. The highest BCUT2D eigenvalue weighted by Crippen LogP contribution is 2.57. The van der Waals surface area contributed by atoms with E-state index in [1.54, 1.807) is 39.0 Å². The number of phenols is 1. The molecule has 1 spiro atoms. The second-order valence-corrected chi connectivity index (χ2v) is 23.2. The summed E-state index contributed by atoms with van der Waals surface area (Å²) in [5.41, 5.74) is 2.95. The molecule has 2 bridgehead atoms. The van der Waals surface area contributed by atoms with E-state index in [4.69, 9.17) is 9.47 Å². The Morgan fingerprint density at radius 2 is 1.71 bits per heavy atom. The van der Waals surface area contributed by atoms with Crippen LogP contribution in [0, 0.1) is 53.2 Å².